The highest BCUT2D eigenvalue weighted by molar-refractivity contribution is 5.96. The van der Waals surface area contributed by atoms with Gasteiger partial charge < -0.3 is 4.74 Å². The van der Waals surface area contributed by atoms with Gasteiger partial charge in [-0.2, -0.15) is 4.58 Å². The topological polar surface area (TPSA) is 12.2 Å². The van der Waals surface area contributed by atoms with Gasteiger partial charge in [0.05, 0.1) is 5.56 Å². The van der Waals surface area contributed by atoms with E-state index < -0.39 is 0 Å². The number of nitrogens with zero attached hydrogens (tertiary/aromatic N) is 1. The van der Waals surface area contributed by atoms with Crippen molar-refractivity contribution in [3.05, 3.63) is 71.3 Å². The summed E-state index contributed by atoms with van der Waals surface area (Å²) >= 11 is 0. The van der Waals surface area contributed by atoms with E-state index in [0.717, 1.165) is 11.3 Å². The van der Waals surface area contributed by atoms with Crippen LogP contribution in [0.1, 0.15) is 16.7 Å². The fourth-order valence-electron chi connectivity index (χ4n) is 3.25. The van der Waals surface area contributed by atoms with E-state index in [-0.39, 0.29) is 0 Å². The number of hydrogen-bond donors (Lipinski definition) is 0. The van der Waals surface area contributed by atoms with Gasteiger partial charge in [0.2, 0.25) is 5.69 Å². The Bertz CT molecular complexity index is 888. The first-order valence-corrected chi connectivity index (χ1v) is 7.56. The number of fused-ring (bicyclic) bond motifs is 3. The zero-order chi connectivity index (χ0) is 15.1. The monoisotopic (exact) mass is 288 g/mol. The summed E-state index contributed by atoms with van der Waals surface area (Å²) in [5, 5.41) is 2.40. The van der Waals surface area contributed by atoms with Gasteiger partial charge in [-0.3, -0.25) is 0 Å². The van der Waals surface area contributed by atoms with Crippen molar-refractivity contribution in [1.82, 2.24) is 0 Å². The zero-order valence-corrected chi connectivity index (χ0v) is 12.8. The first kappa shape index (κ1) is 13.1. The van der Waals surface area contributed by atoms with Crippen LogP contribution in [0.4, 0.5) is 5.69 Å². The molecule has 0 spiro atoms. The van der Waals surface area contributed by atoms with Gasteiger partial charge in [-0.15, -0.1) is 0 Å². The smallest absolute Gasteiger partial charge is 0.292 e. The highest BCUT2D eigenvalue weighted by atomic mass is 16.5. The number of hydrogen-bond acceptors (Lipinski definition) is 1. The molecule has 2 nitrogen and oxygen atoms in total. The van der Waals surface area contributed by atoms with Gasteiger partial charge in [0.15, 0.2) is 6.21 Å². The Morgan fingerprint density at radius 2 is 1.64 bits per heavy atom. The van der Waals surface area contributed by atoms with Crippen molar-refractivity contribution < 1.29 is 9.31 Å². The van der Waals surface area contributed by atoms with Crippen LogP contribution in [0.25, 0.3) is 10.8 Å². The maximum atomic E-state index is 6.11. The lowest BCUT2D eigenvalue weighted by Crippen LogP contribution is -2.22. The van der Waals surface area contributed by atoms with Gasteiger partial charge in [0.1, 0.15) is 5.75 Å². The minimum atomic E-state index is 0.548. The van der Waals surface area contributed by atoms with Crippen molar-refractivity contribution in [2.45, 2.75) is 13.8 Å². The highest BCUT2D eigenvalue weighted by Crippen LogP contribution is 2.32. The first-order chi connectivity index (χ1) is 10.7. The highest BCUT2D eigenvalue weighted by Gasteiger charge is 2.23. The number of aryl methyl sites for hydroxylation is 2. The summed E-state index contributed by atoms with van der Waals surface area (Å²) in [4.78, 5) is 0. The molecule has 0 amide bonds. The van der Waals surface area contributed by atoms with Crippen LogP contribution < -0.4 is 4.74 Å². The van der Waals surface area contributed by atoms with Crippen molar-refractivity contribution in [3.8, 4) is 5.75 Å². The van der Waals surface area contributed by atoms with Gasteiger partial charge in [-0.1, -0.05) is 48.5 Å². The van der Waals surface area contributed by atoms with Crippen LogP contribution in [0.5, 0.6) is 5.75 Å². The zero-order valence-electron chi connectivity index (χ0n) is 12.8. The SMILES string of the molecule is Cc1cccc(C)c1[N+]1=Cc2ccc3ccccc3c2OC1. The van der Waals surface area contributed by atoms with Crippen molar-refractivity contribution >= 4 is 22.7 Å². The predicted octanol–water partition coefficient (Wildman–Crippen LogP) is 4.57. The Balaban J connectivity index is 1.90. The fraction of sp³-hybridized carbons (Fsp3) is 0.150. The second kappa shape index (κ2) is 4.99. The van der Waals surface area contributed by atoms with Crippen LogP contribution in [0.2, 0.25) is 0 Å². The van der Waals surface area contributed by atoms with Gasteiger partial charge in [0, 0.05) is 16.5 Å². The molecular weight excluding hydrogens is 270 g/mol. The van der Waals surface area contributed by atoms with E-state index in [1.54, 1.807) is 0 Å². The molecule has 0 bridgehead atoms. The Morgan fingerprint density at radius 1 is 0.864 bits per heavy atom. The van der Waals surface area contributed by atoms with Crippen LogP contribution in [-0.4, -0.2) is 17.5 Å². The van der Waals surface area contributed by atoms with Crippen LogP contribution in [0, 0.1) is 13.8 Å². The summed E-state index contributed by atoms with van der Waals surface area (Å²) in [5.41, 5.74) is 4.90. The Labute approximate surface area is 130 Å². The van der Waals surface area contributed by atoms with Crippen molar-refractivity contribution in [3.63, 3.8) is 0 Å². The van der Waals surface area contributed by atoms with E-state index in [0.29, 0.717) is 6.73 Å². The van der Waals surface area contributed by atoms with Crippen LogP contribution in [-0.2, 0) is 0 Å². The second-order valence-corrected chi connectivity index (χ2v) is 5.82. The fourth-order valence-corrected chi connectivity index (χ4v) is 3.25. The van der Waals surface area contributed by atoms with Crippen LogP contribution >= 0.6 is 0 Å². The molecular formula is C20H18NO+. The summed E-state index contributed by atoms with van der Waals surface area (Å²) in [6, 6.07) is 19.0. The van der Waals surface area contributed by atoms with E-state index in [1.807, 2.05) is 0 Å². The van der Waals surface area contributed by atoms with Gasteiger partial charge in [-0.25, -0.2) is 0 Å². The van der Waals surface area contributed by atoms with Gasteiger partial charge >= 0.3 is 0 Å². The lowest BCUT2D eigenvalue weighted by molar-refractivity contribution is -0.476. The molecule has 3 aromatic rings. The molecule has 1 aliphatic heterocycles. The average Bonchev–Trinajstić information content (AvgIpc) is 2.54. The molecule has 0 radical (unpaired) electrons. The third kappa shape index (κ3) is 2.00. The van der Waals surface area contributed by atoms with Gasteiger partial charge in [-0.05, 0) is 25.3 Å². The maximum Gasteiger partial charge on any atom is 0.292 e. The Morgan fingerprint density at radius 3 is 2.45 bits per heavy atom. The number of benzene rings is 3. The second-order valence-electron chi connectivity index (χ2n) is 5.82. The van der Waals surface area contributed by atoms with E-state index >= 15 is 0 Å². The molecule has 0 unspecified atom stereocenters. The van der Waals surface area contributed by atoms with Crippen LogP contribution in [0.15, 0.2) is 54.6 Å². The summed E-state index contributed by atoms with van der Waals surface area (Å²) in [5.74, 6) is 0.987. The third-order valence-corrected chi connectivity index (χ3v) is 4.28. The first-order valence-electron chi connectivity index (χ1n) is 7.56. The summed E-state index contributed by atoms with van der Waals surface area (Å²) in [7, 11) is 0. The largest absolute Gasteiger partial charge is 0.434 e. The molecule has 0 aromatic heterocycles. The van der Waals surface area contributed by atoms with E-state index in [4.69, 9.17) is 4.74 Å². The Hall–Kier alpha value is -2.61. The maximum absolute atomic E-state index is 6.11. The van der Waals surface area contributed by atoms with E-state index in [1.165, 1.54) is 27.6 Å². The quantitative estimate of drug-likeness (QED) is 0.597. The number of para-hydroxylation sites is 1. The predicted molar refractivity (Wildman–Crippen MR) is 90.4 cm³/mol. The summed E-state index contributed by atoms with van der Waals surface area (Å²) in [6.45, 7) is 4.84. The third-order valence-electron chi connectivity index (χ3n) is 4.28. The minimum absolute atomic E-state index is 0.548. The molecule has 0 fully saturated rings. The molecule has 4 rings (SSSR count). The van der Waals surface area contributed by atoms with E-state index in [2.05, 4.69) is 79.2 Å². The molecule has 3 aromatic carbocycles. The Kier molecular flexibility index (Phi) is 2.97. The molecule has 1 heterocycles. The number of ether oxygens (including phenoxy) is 1. The lowest BCUT2D eigenvalue weighted by atomic mass is 10.0. The molecule has 2 heteroatoms. The van der Waals surface area contributed by atoms with Crippen molar-refractivity contribution in [2.24, 2.45) is 0 Å². The average molecular weight is 288 g/mol. The summed E-state index contributed by atoms with van der Waals surface area (Å²) in [6.07, 6.45) is 2.20. The molecule has 0 saturated carbocycles. The van der Waals surface area contributed by atoms with E-state index in [9.17, 15) is 0 Å². The standard InChI is InChI=1S/C20H18NO/c1-14-6-5-7-15(2)19(14)21-12-17-11-10-16-8-3-4-9-18(16)20(17)22-13-21/h3-12H,13H2,1-2H3/q+1. The molecule has 1 aliphatic rings. The molecule has 0 aliphatic carbocycles. The molecule has 22 heavy (non-hydrogen) atoms. The number of rotatable bonds is 1. The molecule has 0 N–H and O–H groups in total. The van der Waals surface area contributed by atoms with Gasteiger partial charge in [0.25, 0.3) is 6.73 Å². The molecule has 108 valence electrons. The molecule has 0 atom stereocenters. The molecule has 0 saturated heterocycles. The minimum Gasteiger partial charge on any atom is -0.434 e. The summed E-state index contributed by atoms with van der Waals surface area (Å²) < 4.78 is 8.30. The normalized spacial score (nSPS) is 13.5. The van der Waals surface area contributed by atoms with Crippen molar-refractivity contribution in [1.29, 1.82) is 0 Å². The van der Waals surface area contributed by atoms with Crippen LogP contribution in [0.3, 0.4) is 0 Å². The lowest BCUT2D eigenvalue weighted by Gasteiger charge is -2.17. The van der Waals surface area contributed by atoms with Crippen molar-refractivity contribution in [2.75, 3.05) is 6.73 Å².